The van der Waals surface area contributed by atoms with Crippen molar-refractivity contribution in [2.75, 3.05) is 0 Å². The summed E-state index contributed by atoms with van der Waals surface area (Å²) in [5.74, 6) is 0.708. The van der Waals surface area contributed by atoms with E-state index in [9.17, 15) is 0 Å². The molecule has 0 amide bonds. The van der Waals surface area contributed by atoms with Crippen molar-refractivity contribution >= 4 is 31.9 Å². The van der Waals surface area contributed by atoms with Gasteiger partial charge in [-0.1, -0.05) is 38.8 Å². The van der Waals surface area contributed by atoms with Gasteiger partial charge in [0.1, 0.15) is 0 Å². The highest BCUT2D eigenvalue weighted by Crippen LogP contribution is 2.33. The van der Waals surface area contributed by atoms with Gasteiger partial charge in [0.05, 0.1) is 0 Å². The maximum atomic E-state index is 5.82. The molecule has 1 nitrogen and oxygen atoms in total. The molecule has 0 saturated heterocycles. The predicted molar refractivity (Wildman–Crippen MR) is 51.8 cm³/mol. The highest BCUT2D eigenvalue weighted by atomic mass is 79.9. The lowest BCUT2D eigenvalue weighted by molar-refractivity contribution is 0.379. The van der Waals surface area contributed by atoms with E-state index >= 15 is 0 Å². The van der Waals surface area contributed by atoms with Crippen molar-refractivity contribution in [1.29, 1.82) is 0 Å². The Balaban J connectivity index is 2.49. The molecule has 2 atom stereocenters. The first-order chi connectivity index (χ1) is 4.61. The quantitative estimate of drug-likeness (QED) is 0.672. The van der Waals surface area contributed by atoms with Gasteiger partial charge in [-0.05, 0) is 18.8 Å². The third-order valence-electron chi connectivity index (χ3n) is 2.20. The van der Waals surface area contributed by atoms with E-state index in [0.29, 0.717) is 21.6 Å². The Labute approximate surface area is 79.0 Å². The predicted octanol–water partition coefficient (Wildman–Crippen LogP) is 2.27. The van der Waals surface area contributed by atoms with E-state index in [-0.39, 0.29) is 0 Å². The summed E-state index contributed by atoms with van der Waals surface area (Å²) in [5.41, 5.74) is 5.82. The van der Waals surface area contributed by atoms with Gasteiger partial charge in [-0.3, -0.25) is 0 Å². The van der Waals surface area contributed by atoms with Crippen LogP contribution in [-0.4, -0.2) is 15.7 Å². The van der Waals surface area contributed by atoms with Crippen LogP contribution >= 0.6 is 31.9 Å². The van der Waals surface area contributed by atoms with Gasteiger partial charge < -0.3 is 5.73 Å². The van der Waals surface area contributed by atoms with Crippen molar-refractivity contribution < 1.29 is 0 Å². The molecule has 0 spiro atoms. The van der Waals surface area contributed by atoms with Gasteiger partial charge in [0.2, 0.25) is 0 Å². The Kier molecular flexibility index (Phi) is 3.20. The highest BCUT2D eigenvalue weighted by Gasteiger charge is 2.30. The molecule has 0 heterocycles. The molecule has 1 aliphatic carbocycles. The molecule has 0 aromatic heterocycles. The Morgan fingerprint density at radius 1 is 1.20 bits per heavy atom. The lowest BCUT2D eigenvalue weighted by atomic mass is 9.88. The van der Waals surface area contributed by atoms with E-state index in [2.05, 4.69) is 38.8 Å². The lowest BCUT2D eigenvalue weighted by Gasteiger charge is -2.32. The number of hydrogen-bond acceptors (Lipinski definition) is 1. The van der Waals surface area contributed by atoms with Crippen LogP contribution in [0.2, 0.25) is 0 Å². The summed E-state index contributed by atoms with van der Waals surface area (Å²) in [6.45, 7) is 2.25. The second kappa shape index (κ2) is 3.55. The largest absolute Gasteiger partial charge is 0.328 e. The molecule has 0 bridgehead atoms. The summed E-state index contributed by atoms with van der Waals surface area (Å²) in [6, 6.07) is 0.380. The van der Waals surface area contributed by atoms with Gasteiger partial charge in [0, 0.05) is 15.7 Å². The fourth-order valence-corrected chi connectivity index (χ4v) is 3.44. The molecule has 0 aliphatic heterocycles. The molecule has 0 aromatic carbocycles. The second-order valence-electron chi connectivity index (χ2n) is 3.12. The minimum Gasteiger partial charge on any atom is -0.328 e. The van der Waals surface area contributed by atoms with Crippen molar-refractivity contribution in [1.82, 2.24) is 0 Å². The van der Waals surface area contributed by atoms with Gasteiger partial charge in [-0.25, -0.2) is 0 Å². The molecule has 0 radical (unpaired) electrons. The fraction of sp³-hybridized carbons (Fsp3) is 1.00. The van der Waals surface area contributed by atoms with Crippen molar-refractivity contribution in [3.63, 3.8) is 0 Å². The maximum absolute atomic E-state index is 5.82. The molecular formula is C7H13Br2N. The standard InChI is InChI=1S/C7H13Br2N/c1-4-6(8)2-5(10)3-7(4)9/h4-7H,2-3,10H2,1H3. The lowest BCUT2D eigenvalue weighted by Crippen LogP contribution is -2.39. The highest BCUT2D eigenvalue weighted by molar-refractivity contribution is 9.10. The number of halogens is 2. The van der Waals surface area contributed by atoms with Crippen LogP contribution in [-0.2, 0) is 0 Å². The summed E-state index contributed by atoms with van der Waals surface area (Å²) in [5, 5.41) is 0. The smallest absolute Gasteiger partial charge is 0.0196 e. The third kappa shape index (κ3) is 1.95. The summed E-state index contributed by atoms with van der Waals surface area (Å²) in [7, 11) is 0. The number of hydrogen-bond donors (Lipinski definition) is 1. The van der Waals surface area contributed by atoms with E-state index in [0.717, 1.165) is 12.8 Å². The van der Waals surface area contributed by atoms with Gasteiger partial charge in [-0.2, -0.15) is 0 Å². The van der Waals surface area contributed by atoms with Crippen LogP contribution < -0.4 is 5.73 Å². The Morgan fingerprint density at radius 3 is 2.00 bits per heavy atom. The van der Waals surface area contributed by atoms with Crippen molar-refractivity contribution in [2.45, 2.75) is 35.5 Å². The minimum atomic E-state index is 0.380. The van der Waals surface area contributed by atoms with Crippen molar-refractivity contribution in [3.05, 3.63) is 0 Å². The van der Waals surface area contributed by atoms with Crippen LogP contribution in [0.4, 0.5) is 0 Å². The third-order valence-corrected chi connectivity index (χ3v) is 4.61. The molecule has 60 valence electrons. The van der Waals surface area contributed by atoms with Crippen LogP contribution in [0.25, 0.3) is 0 Å². The molecule has 0 aromatic rings. The fourth-order valence-electron chi connectivity index (χ4n) is 1.33. The normalized spacial score (nSPS) is 49.2. The molecule has 1 rings (SSSR count). The van der Waals surface area contributed by atoms with Gasteiger partial charge in [-0.15, -0.1) is 0 Å². The van der Waals surface area contributed by atoms with Crippen LogP contribution in [0, 0.1) is 5.92 Å². The van der Waals surface area contributed by atoms with Gasteiger partial charge in [0.25, 0.3) is 0 Å². The average molecular weight is 271 g/mol. The number of alkyl halides is 2. The summed E-state index contributed by atoms with van der Waals surface area (Å²) in [6.07, 6.45) is 2.23. The van der Waals surface area contributed by atoms with E-state index in [1.807, 2.05) is 0 Å². The first-order valence-corrected chi connectivity index (χ1v) is 5.48. The zero-order valence-corrected chi connectivity index (χ0v) is 9.23. The number of nitrogens with two attached hydrogens (primary N) is 1. The minimum absolute atomic E-state index is 0.380. The monoisotopic (exact) mass is 269 g/mol. The SMILES string of the molecule is CC1C(Br)CC(N)CC1Br. The Bertz CT molecular complexity index is 106. The van der Waals surface area contributed by atoms with E-state index in [4.69, 9.17) is 5.73 Å². The number of rotatable bonds is 0. The first-order valence-electron chi connectivity index (χ1n) is 3.65. The van der Waals surface area contributed by atoms with E-state index in [1.54, 1.807) is 0 Å². The van der Waals surface area contributed by atoms with Crippen LogP contribution in [0.15, 0.2) is 0 Å². The average Bonchev–Trinajstić information content (AvgIpc) is 1.82. The molecule has 1 fully saturated rings. The molecular weight excluding hydrogens is 258 g/mol. The van der Waals surface area contributed by atoms with Crippen LogP contribution in [0.3, 0.4) is 0 Å². The summed E-state index contributed by atoms with van der Waals surface area (Å²) in [4.78, 5) is 1.20. The van der Waals surface area contributed by atoms with Crippen molar-refractivity contribution in [3.8, 4) is 0 Å². The first kappa shape index (κ1) is 9.01. The molecule has 3 heteroatoms. The van der Waals surface area contributed by atoms with Gasteiger partial charge in [0.15, 0.2) is 0 Å². The molecule has 2 unspecified atom stereocenters. The van der Waals surface area contributed by atoms with Crippen LogP contribution in [0.5, 0.6) is 0 Å². The topological polar surface area (TPSA) is 26.0 Å². The Morgan fingerprint density at radius 2 is 1.60 bits per heavy atom. The van der Waals surface area contributed by atoms with Crippen LogP contribution in [0.1, 0.15) is 19.8 Å². The molecule has 2 N–H and O–H groups in total. The maximum Gasteiger partial charge on any atom is 0.0196 e. The van der Waals surface area contributed by atoms with E-state index < -0.39 is 0 Å². The molecule has 1 saturated carbocycles. The van der Waals surface area contributed by atoms with Crippen molar-refractivity contribution in [2.24, 2.45) is 11.7 Å². The zero-order valence-electron chi connectivity index (χ0n) is 6.06. The van der Waals surface area contributed by atoms with Gasteiger partial charge >= 0.3 is 0 Å². The van der Waals surface area contributed by atoms with E-state index in [1.165, 1.54) is 0 Å². The summed E-state index contributed by atoms with van der Waals surface area (Å²) >= 11 is 7.25. The second-order valence-corrected chi connectivity index (χ2v) is 5.47. The Hall–Kier alpha value is 0.920. The molecule has 1 aliphatic rings. The molecule has 10 heavy (non-hydrogen) atoms. The zero-order chi connectivity index (χ0) is 7.72. The summed E-state index contributed by atoms with van der Waals surface area (Å²) < 4.78 is 0.